The number of carbonyl (C=O) groups excluding carboxylic acids is 1. The summed E-state index contributed by atoms with van der Waals surface area (Å²) in [5.41, 5.74) is 3.85. The molecule has 152 valence electrons. The number of hydrogen-bond donors (Lipinski definition) is 1. The zero-order valence-electron chi connectivity index (χ0n) is 17.7. The molecule has 0 aliphatic rings. The lowest BCUT2D eigenvalue weighted by Gasteiger charge is -2.10. The maximum absolute atomic E-state index is 11.7. The van der Waals surface area contributed by atoms with Crippen molar-refractivity contribution in [2.24, 2.45) is 7.05 Å². The summed E-state index contributed by atoms with van der Waals surface area (Å²) in [5.74, 6) is 0.738. The van der Waals surface area contributed by atoms with Crippen LogP contribution >= 0.6 is 0 Å². The molecule has 29 heavy (non-hydrogen) atoms. The van der Waals surface area contributed by atoms with E-state index >= 15 is 0 Å². The van der Waals surface area contributed by atoms with Crippen molar-refractivity contribution in [3.8, 4) is 23.1 Å². The van der Waals surface area contributed by atoms with E-state index in [1.54, 1.807) is 33.1 Å². The molecular formula is C23H27N3O3. The summed E-state index contributed by atoms with van der Waals surface area (Å²) in [6.07, 6.45) is -0.678. The summed E-state index contributed by atoms with van der Waals surface area (Å²) in [6, 6.07) is 15.3. The van der Waals surface area contributed by atoms with Crippen LogP contribution in [0.3, 0.4) is 0 Å². The van der Waals surface area contributed by atoms with Crippen LogP contribution in [-0.2, 0) is 11.8 Å². The van der Waals surface area contributed by atoms with Crippen molar-refractivity contribution in [1.82, 2.24) is 4.57 Å². The topological polar surface area (TPSA) is 76.3 Å². The van der Waals surface area contributed by atoms with Gasteiger partial charge in [-0.05, 0) is 43.7 Å². The normalized spacial score (nSPS) is 10.1. The van der Waals surface area contributed by atoms with Gasteiger partial charge in [-0.1, -0.05) is 26.0 Å². The number of methoxy groups -OCH3 is 1. The van der Waals surface area contributed by atoms with Gasteiger partial charge in [0.25, 0.3) is 0 Å². The van der Waals surface area contributed by atoms with Crippen LogP contribution < -0.4 is 10.1 Å². The summed E-state index contributed by atoms with van der Waals surface area (Å²) in [7, 11) is 3.54. The Morgan fingerprint density at radius 1 is 1.14 bits per heavy atom. The number of amides is 1. The quantitative estimate of drug-likeness (QED) is 0.616. The lowest BCUT2D eigenvalue weighted by atomic mass is 10.1. The standard InChI is InChI=1S/C21H21N3O3.C2H6/c1-13(2)27-21(25)23-15-7-5-14(6-8-15)20-18(12-22)17-10-9-16(26-4)11-19(17)24(20)3;1-2/h5-11,13H,1-4H3,(H,23,25);1-2H3. The average molecular weight is 393 g/mol. The number of rotatable bonds is 4. The van der Waals surface area contributed by atoms with Crippen LogP contribution in [0.15, 0.2) is 42.5 Å². The molecule has 0 unspecified atom stereocenters. The van der Waals surface area contributed by atoms with E-state index in [-0.39, 0.29) is 6.10 Å². The summed E-state index contributed by atoms with van der Waals surface area (Å²) in [6.45, 7) is 7.59. The van der Waals surface area contributed by atoms with Crippen LogP contribution in [-0.4, -0.2) is 23.9 Å². The van der Waals surface area contributed by atoms with Gasteiger partial charge in [-0.2, -0.15) is 5.26 Å². The first-order valence-corrected chi connectivity index (χ1v) is 9.59. The van der Waals surface area contributed by atoms with Crippen molar-refractivity contribution in [3.05, 3.63) is 48.0 Å². The van der Waals surface area contributed by atoms with Crippen molar-refractivity contribution in [1.29, 1.82) is 5.26 Å². The van der Waals surface area contributed by atoms with Gasteiger partial charge in [0.05, 0.1) is 30.0 Å². The van der Waals surface area contributed by atoms with E-state index in [4.69, 9.17) is 9.47 Å². The number of nitrogens with one attached hydrogen (secondary N) is 1. The van der Waals surface area contributed by atoms with Crippen LogP contribution in [0.4, 0.5) is 10.5 Å². The number of ether oxygens (including phenoxy) is 2. The second-order valence-corrected chi connectivity index (χ2v) is 6.43. The molecule has 0 aliphatic heterocycles. The molecule has 3 rings (SSSR count). The minimum Gasteiger partial charge on any atom is -0.497 e. The molecule has 1 N–H and O–H groups in total. The first-order valence-electron chi connectivity index (χ1n) is 9.59. The number of aryl methyl sites for hydroxylation is 1. The number of nitrogens with zero attached hydrogens (tertiary/aromatic N) is 2. The molecule has 0 bridgehead atoms. The number of hydrogen-bond acceptors (Lipinski definition) is 4. The van der Waals surface area contributed by atoms with Crippen LogP contribution in [0.1, 0.15) is 33.3 Å². The minimum atomic E-state index is -0.493. The largest absolute Gasteiger partial charge is 0.497 e. The number of aromatic nitrogens is 1. The Labute approximate surface area is 171 Å². The highest BCUT2D eigenvalue weighted by atomic mass is 16.6. The second-order valence-electron chi connectivity index (χ2n) is 6.43. The summed E-state index contributed by atoms with van der Waals surface area (Å²) in [5, 5.41) is 13.3. The molecule has 6 nitrogen and oxygen atoms in total. The fourth-order valence-corrected chi connectivity index (χ4v) is 3.07. The summed E-state index contributed by atoms with van der Waals surface area (Å²) >= 11 is 0. The number of nitriles is 1. The molecule has 0 saturated heterocycles. The second kappa shape index (κ2) is 9.65. The fraction of sp³-hybridized carbons (Fsp3) is 0.304. The smallest absolute Gasteiger partial charge is 0.411 e. The molecule has 3 aromatic rings. The van der Waals surface area contributed by atoms with Gasteiger partial charge in [0.2, 0.25) is 0 Å². The third-order valence-corrected chi connectivity index (χ3v) is 4.27. The molecule has 0 fully saturated rings. The Bertz CT molecular complexity index is 1030. The highest BCUT2D eigenvalue weighted by Crippen LogP contribution is 2.34. The monoisotopic (exact) mass is 393 g/mol. The molecule has 0 spiro atoms. The predicted molar refractivity (Wildman–Crippen MR) is 116 cm³/mol. The lowest BCUT2D eigenvalue weighted by molar-refractivity contribution is 0.130. The number of anilines is 1. The lowest BCUT2D eigenvalue weighted by Crippen LogP contribution is -2.17. The van der Waals surface area contributed by atoms with Gasteiger partial charge in [-0.15, -0.1) is 0 Å². The van der Waals surface area contributed by atoms with E-state index in [0.717, 1.165) is 27.9 Å². The van der Waals surface area contributed by atoms with Crippen molar-refractivity contribution < 1.29 is 14.3 Å². The maximum Gasteiger partial charge on any atom is 0.411 e. The maximum atomic E-state index is 11.7. The Balaban J connectivity index is 0.00000145. The number of benzene rings is 2. The highest BCUT2D eigenvalue weighted by molar-refractivity contribution is 5.95. The fourth-order valence-electron chi connectivity index (χ4n) is 3.07. The molecular weight excluding hydrogens is 366 g/mol. The molecule has 6 heteroatoms. The van der Waals surface area contributed by atoms with Gasteiger partial charge in [0.1, 0.15) is 11.8 Å². The van der Waals surface area contributed by atoms with Gasteiger partial charge in [-0.3, -0.25) is 5.32 Å². The van der Waals surface area contributed by atoms with E-state index < -0.39 is 6.09 Å². The van der Waals surface area contributed by atoms with E-state index in [1.807, 2.05) is 55.8 Å². The van der Waals surface area contributed by atoms with Gasteiger partial charge in [0, 0.05) is 24.2 Å². The van der Waals surface area contributed by atoms with E-state index in [1.165, 1.54) is 0 Å². The molecule has 1 aromatic heterocycles. The Morgan fingerprint density at radius 3 is 2.34 bits per heavy atom. The summed E-state index contributed by atoms with van der Waals surface area (Å²) < 4.78 is 12.4. The predicted octanol–water partition coefficient (Wildman–Crippen LogP) is 5.71. The van der Waals surface area contributed by atoms with Crippen molar-refractivity contribution >= 4 is 22.7 Å². The van der Waals surface area contributed by atoms with Crippen LogP contribution in [0.2, 0.25) is 0 Å². The highest BCUT2D eigenvalue weighted by Gasteiger charge is 2.17. The van der Waals surface area contributed by atoms with Gasteiger partial charge >= 0.3 is 6.09 Å². The van der Waals surface area contributed by atoms with E-state index in [0.29, 0.717) is 11.3 Å². The first kappa shape index (κ1) is 21.8. The molecule has 2 aromatic carbocycles. The van der Waals surface area contributed by atoms with Gasteiger partial charge in [-0.25, -0.2) is 4.79 Å². The third kappa shape index (κ3) is 4.69. The van der Waals surface area contributed by atoms with Crippen molar-refractivity contribution in [2.45, 2.75) is 33.8 Å². The zero-order chi connectivity index (χ0) is 21.6. The minimum absolute atomic E-state index is 0.185. The number of carbonyl (C=O) groups is 1. The SMILES string of the molecule is CC.COc1ccc2c(C#N)c(-c3ccc(NC(=O)OC(C)C)cc3)n(C)c2c1. The number of fused-ring (bicyclic) bond motifs is 1. The van der Waals surface area contributed by atoms with Crippen molar-refractivity contribution in [2.75, 3.05) is 12.4 Å². The summed E-state index contributed by atoms with van der Waals surface area (Å²) in [4.78, 5) is 11.7. The molecule has 0 aliphatic carbocycles. The molecule has 0 atom stereocenters. The third-order valence-electron chi connectivity index (χ3n) is 4.27. The first-order chi connectivity index (χ1) is 13.9. The van der Waals surface area contributed by atoms with E-state index in [2.05, 4.69) is 11.4 Å². The Morgan fingerprint density at radius 2 is 1.79 bits per heavy atom. The molecule has 0 saturated carbocycles. The zero-order valence-corrected chi connectivity index (χ0v) is 17.7. The van der Waals surface area contributed by atoms with Crippen molar-refractivity contribution in [3.63, 3.8) is 0 Å². The van der Waals surface area contributed by atoms with E-state index in [9.17, 15) is 10.1 Å². The van der Waals surface area contributed by atoms with Gasteiger partial charge in [0.15, 0.2) is 0 Å². The average Bonchev–Trinajstić information content (AvgIpc) is 3.00. The Hall–Kier alpha value is -3.46. The van der Waals surface area contributed by atoms with Gasteiger partial charge < -0.3 is 14.0 Å². The molecule has 1 amide bonds. The van der Waals surface area contributed by atoms with Crippen LogP contribution in [0.25, 0.3) is 22.2 Å². The molecule has 1 heterocycles. The molecule has 0 radical (unpaired) electrons. The Kier molecular flexibility index (Phi) is 7.27. The van der Waals surface area contributed by atoms with Crippen LogP contribution in [0.5, 0.6) is 5.75 Å². The van der Waals surface area contributed by atoms with Crippen LogP contribution in [0, 0.1) is 11.3 Å².